The molecule has 0 atom stereocenters. The van der Waals surface area contributed by atoms with Gasteiger partial charge in [0.1, 0.15) is 18.1 Å². The lowest BCUT2D eigenvalue weighted by molar-refractivity contribution is -0.145. The molecule has 7 nitrogen and oxygen atoms in total. The molecule has 2 aromatic carbocycles. The number of amides is 1. The fourth-order valence-corrected chi connectivity index (χ4v) is 3.93. The van der Waals surface area contributed by atoms with Crippen molar-refractivity contribution in [2.24, 2.45) is 0 Å². The van der Waals surface area contributed by atoms with E-state index in [0.29, 0.717) is 23.9 Å². The van der Waals surface area contributed by atoms with Crippen LogP contribution in [0.2, 0.25) is 0 Å². The van der Waals surface area contributed by atoms with Crippen molar-refractivity contribution in [1.29, 1.82) is 0 Å². The van der Waals surface area contributed by atoms with Gasteiger partial charge in [-0.2, -0.15) is 0 Å². The maximum Gasteiger partial charge on any atom is 0.306 e. The number of aromatic nitrogens is 1. The summed E-state index contributed by atoms with van der Waals surface area (Å²) in [6.45, 7) is 6.01. The third-order valence-electron chi connectivity index (χ3n) is 5.03. The number of carbonyl (C=O) groups excluding carboxylic acids is 2. The lowest BCUT2D eigenvalue weighted by Gasteiger charge is -2.19. The highest BCUT2D eigenvalue weighted by atomic mass is 32.1. The number of carbonyl (C=O) groups is 2. The van der Waals surface area contributed by atoms with Crippen LogP contribution in [0.3, 0.4) is 0 Å². The Morgan fingerprint density at radius 1 is 1.03 bits per heavy atom. The van der Waals surface area contributed by atoms with E-state index >= 15 is 0 Å². The number of methoxy groups -OCH3 is 1. The van der Waals surface area contributed by atoms with E-state index in [1.165, 1.54) is 18.3 Å². The molecule has 0 N–H and O–H groups in total. The molecular formula is C25H28N2O5S. The van der Waals surface area contributed by atoms with Gasteiger partial charge in [0.05, 0.1) is 25.1 Å². The zero-order valence-corrected chi connectivity index (χ0v) is 20.1. The monoisotopic (exact) mass is 468 g/mol. The molecule has 3 rings (SSSR count). The summed E-state index contributed by atoms with van der Waals surface area (Å²) >= 11 is 1.34. The van der Waals surface area contributed by atoms with Crippen LogP contribution in [0, 0.1) is 13.8 Å². The summed E-state index contributed by atoms with van der Waals surface area (Å²) in [5, 5.41) is 2.34. The molecule has 0 fully saturated rings. The Labute approximate surface area is 197 Å². The number of anilines is 2. The molecule has 0 saturated carbocycles. The van der Waals surface area contributed by atoms with Crippen LogP contribution in [0.4, 0.5) is 10.8 Å². The first kappa shape index (κ1) is 24.3. The van der Waals surface area contributed by atoms with Crippen LogP contribution in [0.15, 0.2) is 47.8 Å². The minimum Gasteiger partial charge on any atom is -0.497 e. The van der Waals surface area contributed by atoms with Crippen molar-refractivity contribution < 1.29 is 23.8 Å². The van der Waals surface area contributed by atoms with Crippen molar-refractivity contribution in [3.05, 3.63) is 64.7 Å². The van der Waals surface area contributed by atoms with Gasteiger partial charge in [0.25, 0.3) is 0 Å². The fraction of sp³-hybridized carbons (Fsp3) is 0.320. The van der Waals surface area contributed by atoms with Gasteiger partial charge < -0.3 is 14.2 Å². The second-order valence-corrected chi connectivity index (χ2v) is 8.37. The first-order chi connectivity index (χ1) is 15.9. The number of benzene rings is 2. The molecule has 3 aromatic rings. The summed E-state index contributed by atoms with van der Waals surface area (Å²) in [7, 11) is 1.61. The quantitative estimate of drug-likeness (QED) is 0.295. The fourth-order valence-electron chi connectivity index (χ4n) is 3.06. The zero-order valence-electron chi connectivity index (χ0n) is 19.3. The number of esters is 1. The van der Waals surface area contributed by atoms with E-state index in [1.54, 1.807) is 17.4 Å². The van der Waals surface area contributed by atoms with Crippen LogP contribution in [-0.2, 0) is 20.9 Å². The standard InChI is InChI=1S/C25H28N2O5S/c1-17-7-8-21(14-18(17)2)27(19(3)28)25-26-20(16-33-25)15-32-24(29)6-5-13-31-23-11-9-22(30-4)10-12-23/h7-12,14,16H,5-6,13,15H2,1-4H3. The van der Waals surface area contributed by atoms with Crippen molar-refractivity contribution >= 4 is 34.0 Å². The van der Waals surface area contributed by atoms with E-state index < -0.39 is 0 Å². The number of nitrogens with zero attached hydrogens (tertiary/aromatic N) is 2. The summed E-state index contributed by atoms with van der Waals surface area (Å²) < 4.78 is 16.1. The van der Waals surface area contributed by atoms with Gasteiger partial charge in [-0.1, -0.05) is 6.07 Å². The van der Waals surface area contributed by atoms with Gasteiger partial charge in [-0.25, -0.2) is 4.98 Å². The van der Waals surface area contributed by atoms with Crippen LogP contribution in [0.1, 0.15) is 36.6 Å². The van der Waals surface area contributed by atoms with E-state index in [4.69, 9.17) is 14.2 Å². The molecule has 0 aliphatic heterocycles. The number of thiazole rings is 1. The highest BCUT2D eigenvalue weighted by molar-refractivity contribution is 7.14. The molecule has 8 heteroatoms. The molecule has 1 heterocycles. The van der Waals surface area contributed by atoms with Gasteiger partial charge in [-0.05, 0) is 67.8 Å². The third kappa shape index (κ3) is 6.79. The van der Waals surface area contributed by atoms with Crippen LogP contribution in [-0.4, -0.2) is 30.6 Å². The van der Waals surface area contributed by atoms with Crippen molar-refractivity contribution in [3.8, 4) is 11.5 Å². The highest BCUT2D eigenvalue weighted by Gasteiger charge is 2.19. The minimum atomic E-state index is -0.319. The maximum atomic E-state index is 12.3. The Morgan fingerprint density at radius 3 is 2.42 bits per heavy atom. The Hall–Kier alpha value is -3.39. The Kier molecular flexibility index (Phi) is 8.43. The van der Waals surface area contributed by atoms with Crippen molar-refractivity contribution in [2.45, 2.75) is 40.2 Å². The number of hydrogen-bond acceptors (Lipinski definition) is 7. The summed E-state index contributed by atoms with van der Waals surface area (Å²) in [6.07, 6.45) is 0.785. The van der Waals surface area contributed by atoms with E-state index in [2.05, 4.69) is 4.98 Å². The van der Waals surface area contributed by atoms with Gasteiger partial charge in [-0.3, -0.25) is 14.5 Å². The van der Waals surface area contributed by atoms with Crippen molar-refractivity contribution in [1.82, 2.24) is 4.98 Å². The smallest absolute Gasteiger partial charge is 0.306 e. The van der Waals surface area contributed by atoms with Crippen LogP contribution >= 0.6 is 11.3 Å². The average Bonchev–Trinajstić information content (AvgIpc) is 3.26. The molecule has 174 valence electrons. The molecule has 0 saturated heterocycles. The molecule has 0 radical (unpaired) electrons. The lowest BCUT2D eigenvalue weighted by Crippen LogP contribution is -2.22. The molecule has 1 amide bonds. The summed E-state index contributed by atoms with van der Waals surface area (Å²) in [4.78, 5) is 30.4. The molecule has 0 bridgehead atoms. The molecule has 1 aromatic heterocycles. The predicted octanol–water partition coefficient (Wildman–Crippen LogP) is 5.36. The van der Waals surface area contributed by atoms with Gasteiger partial charge >= 0.3 is 5.97 Å². The molecular weight excluding hydrogens is 440 g/mol. The Bertz CT molecular complexity index is 1090. The number of ether oxygens (including phenoxy) is 3. The summed E-state index contributed by atoms with van der Waals surface area (Å²) in [6, 6.07) is 13.1. The third-order valence-corrected chi connectivity index (χ3v) is 5.90. The Morgan fingerprint density at radius 2 is 1.76 bits per heavy atom. The van der Waals surface area contributed by atoms with Crippen molar-refractivity contribution in [3.63, 3.8) is 0 Å². The average molecular weight is 469 g/mol. The predicted molar refractivity (Wildman–Crippen MR) is 128 cm³/mol. The van der Waals surface area contributed by atoms with E-state index in [9.17, 15) is 9.59 Å². The van der Waals surface area contributed by atoms with Crippen LogP contribution in [0.25, 0.3) is 0 Å². The maximum absolute atomic E-state index is 12.3. The van der Waals surface area contributed by atoms with Crippen LogP contribution < -0.4 is 14.4 Å². The molecule has 0 aliphatic carbocycles. The normalized spacial score (nSPS) is 10.5. The van der Waals surface area contributed by atoms with E-state index in [-0.39, 0.29) is 24.9 Å². The second-order valence-electron chi connectivity index (χ2n) is 7.53. The largest absolute Gasteiger partial charge is 0.497 e. The SMILES string of the molecule is COc1ccc(OCCCC(=O)OCc2csc(N(C(C)=O)c3ccc(C)c(C)c3)n2)cc1. The van der Waals surface area contributed by atoms with Crippen molar-refractivity contribution in [2.75, 3.05) is 18.6 Å². The summed E-state index contributed by atoms with van der Waals surface area (Å²) in [5.41, 5.74) is 3.62. The first-order valence-corrected chi connectivity index (χ1v) is 11.5. The van der Waals surface area contributed by atoms with Crippen LogP contribution in [0.5, 0.6) is 11.5 Å². The zero-order chi connectivity index (χ0) is 23.8. The molecule has 0 spiro atoms. The highest BCUT2D eigenvalue weighted by Crippen LogP contribution is 2.30. The Balaban J connectivity index is 1.47. The topological polar surface area (TPSA) is 78.0 Å². The summed E-state index contributed by atoms with van der Waals surface area (Å²) in [5.74, 6) is 1.03. The minimum absolute atomic E-state index is 0.0628. The van der Waals surface area contributed by atoms with E-state index in [0.717, 1.165) is 28.3 Å². The van der Waals surface area contributed by atoms with E-state index in [1.807, 2.05) is 56.3 Å². The molecule has 0 unspecified atom stereocenters. The number of aryl methyl sites for hydroxylation is 2. The lowest BCUT2D eigenvalue weighted by atomic mass is 10.1. The van der Waals surface area contributed by atoms with Gasteiger partial charge in [0, 0.05) is 18.7 Å². The second kappa shape index (κ2) is 11.5. The van der Waals surface area contributed by atoms with Gasteiger partial charge in [0.2, 0.25) is 5.91 Å². The number of hydrogen-bond donors (Lipinski definition) is 0. The molecule has 0 aliphatic rings. The van der Waals surface area contributed by atoms with Gasteiger partial charge in [0.15, 0.2) is 5.13 Å². The first-order valence-electron chi connectivity index (χ1n) is 10.6. The number of rotatable bonds is 10. The molecule has 33 heavy (non-hydrogen) atoms. The van der Waals surface area contributed by atoms with Gasteiger partial charge in [-0.15, -0.1) is 11.3 Å².